The summed E-state index contributed by atoms with van der Waals surface area (Å²) in [5.74, 6) is 0. The molecule has 15 heavy (non-hydrogen) atoms. The summed E-state index contributed by atoms with van der Waals surface area (Å²) < 4.78 is 0. The molecule has 3 heteroatoms. The van der Waals surface area contributed by atoms with Crippen LogP contribution in [0.15, 0.2) is 34.2 Å². The van der Waals surface area contributed by atoms with Gasteiger partial charge in [0.25, 0.3) is 0 Å². The number of aliphatic imine (C=N–C) groups is 1. The summed E-state index contributed by atoms with van der Waals surface area (Å²) in [5, 5.41) is 0. The molecule has 0 amide bonds. The van der Waals surface area contributed by atoms with E-state index in [4.69, 9.17) is 0 Å². The van der Waals surface area contributed by atoms with Crippen LogP contribution in [0.3, 0.4) is 0 Å². The van der Waals surface area contributed by atoms with Gasteiger partial charge < -0.3 is 0 Å². The number of hydrogen-bond donors (Lipinski definition) is 0. The largest absolute Gasteiger partial charge is 0.261 e. The Morgan fingerprint density at radius 1 is 1.33 bits per heavy atom. The summed E-state index contributed by atoms with van der Waals surface area (Å²) in [5.41, 5.74) is 1.07. The molecular weight excluding hydrogens is 218 g/mol. The Hall–Kier alpha value is -0.543. The predicted octanol–water partition coefficient (Wildman–Crippen LogP) is 4.73. The second-order valence-corrected chi connectivity index (χ2v) is 13.6. The molecule has 0 aliphatic carbocycles. The van der Waals surface area contributed by atoms with Gasteiger partial charge in [-0.2, -0.15) is 11.2 Å². The van der Waals surface area contributed by atoms with E-state index in [1.165, 1.54) is 4.90 Å². The van der Waals surface area contributed by atoms with Crippen molar-refractivity contribution in [2.75, 3.05) is 0 Å². The van der Waals surface area contributed by atoms with E-state index in [-0.39, 0.29) is 0 Å². The fourth-order valence-electron chi connectivity index (χ4n) is 1.18. The SMILES string of the molecule is CC/C=N/c1cccc(S[Si](C)(C)C)c1. The molecule has 1 aromatic carbocycles. The average molecular weight is 237 g/mol. The first-order valence-corrected chi connectivity index (χ1v) is 10.4. The number of rotatable bonds is 4. The van der Waals surface area contributed by atoms with E-state index in [1.54, 1.807) is 0 Å². The van der Waals surface area contributed by atoms with E-state index in [1.807, 2.05) is 17.4 Å². The summed E-state index contributed by atoms with van der Waals surface area (Å²) in [6.45, 7) is 9.18. The second kappa shape index (κ2) is 5.52. The number of hydrogen-bond acceptors (Lipinski definition) is 2. The molecular formula is C12H19NSSi. The Morgan fingerprint density at radius 3 is 2.67 bits per heavy atom. The van der Waals surface area contributed by atoms with Gasteiger partial charge in [-0.1, -0.05) is 32.6 Å². The molecule has 0 aliphatic heterocycles. The topological polar surface area (TPSA) is 12.4 Å². The molecule has 0 atom stereocenters. The molecule has 0 bridgehead atoms. The summed E-state index contributed by atoms with van der Waals surface area (Å²) in [4.78, 5) is 5.74. The second-order valence-electron chi connectivity index (χ2n) is 4.43. The van der Waals surface area contributed by atoms with E-state index in [9.17, 15) is 0 Å². The minimum Gasteiger partial charge on any atom is -0.261 e. The lowest BCUT2D eigenvalue weighted by atomic mass is 10.3. The van der Waals surface area contributed by atoms with Gasteiger partial charge in [0.05, 0.1) is 5.69 Å². The quantitative estimate of drug-likeness (QED) is 0.545. The Morgan fingerprint density at radius 2 is 2.07 bits per heavy atom. The van der Waals surface area contributed by atoms with Crippen molar-refractivity contribution in [1.82, 2.24) is 0 Å². The van der Waals surface area contributed by atoms with Gasteiger partial charge in [-0.15, -0.1) is 0 Å². The van der Waals surface area contributed by atoms with Gasteiger partial charge in [0, 0.05) is 11.1 Å². The molecule has 0 heterocycles. The zero-order valence-corrected chi connectivity index (χ0v) is 11.8. The summed E-state index contributed by atoms with van der Waals surface area (Å²) in [6.07, 6.45) is 2.95. The van der Waals surface area contributed by atoms with E-state index >= 15 is 0 Å². The van der Waals surface area contributed by atoms with Gasteiger partial charge in [-0.25, -0.2) is 0 Å². The normalized spacial score (nSPS) is 12.3. The van der Waals surface area contributed by atoms with Crippen molar-refractivity contribution in [2.24, 2.45) is 4.99 Å². The Balaban J connectivity index is 2.79. The first-order chi connectivity index (χ1) is 7.01. The molecule has 0 spiro atoms. The third kappa shape index (κ3) is 5.19. The van der Waals surface area contributed by atoms with E-state index in [2.05, 4.69) is 55.8 Å². The molecule has 0 unspecified atom stereocenters. The monoisotopic (exact) mass is 237 g/mol. The Kier molecular flexibility index (Phi) is 4.61. The third-order valence-electron chi connectivity index (χ3n) is 1.66. The van der Waals surface area contributed by atoms with Crippen LogP contribution in [-0.2, 0) is 0 Å². The lowest BCUT2D eigenvalue weighted by molar-refractivity contribution is 1.31. The zero-order valence-electron chi connectivity index (χ0n) is 9.95. The highest BCUT2D eigenvalue weighted by Gasteiger charge is 2.14. The summed E-state index contributed by atoms with van der Waals surface area (Å²) in [7, 11) is -1.09. The summed E-state index contributed by atoms with van der Waals surface area (Å²) >= 11 is 2.01. The molecule has 0 saturated heterocycles. The fourth-order valence-corrected chi connectivity index (χ4v) is 4.71. The standard InChI is InChI=1S/C12H19NSSi/c1-5-9-13-11-7-6-8-12(10-11)14-15(2,3)4/h6-10H,5H2,1-4H3/b13-9+. The molecule has 0 aliphatic rings. The molecule has 1 aromatic rings. The van der Waals surface area contributed by atoms with Crippen molar-refractivity contribution in [3.63, 3.8) is 0 Å². The number of nitrogens with zero attached hydrogens (tertiary/aromatic N) is 1. The van der Waals surface area contributed by atoms with Crippen LogP contribution in [0, 0.1) is 0 Å². The van der Waals surface area contributed by atoms with Gasteiger partial charge in [0.15, 0.2) is 0 Å². The minimum atomic E-state index is -1.09. The van der Waals surface area contributed by atoms with E-state index in [0.717, 1.165) is 12.1 Å². The molecule has 0 saturated carbocycles. The van der Waals surface area contributed by atoms with Crippen molar-refractivity contribution >= 4 is 30.3 Å². The minimum absolute atomic E-state index is 0.991. The van der Waals surface area contributed by atoms with Gasteiger partial charge in [0.2, 0.25) is 0 Å². The maximum absolute atomic E-state index is 4.39. The van der Waals surface area contributed by atoms with E-state index < -0.39 is 7.22 Å². The number of benzene rings is 1. The smallest absolute Gasteiger partial charge is 0.114 e. The van der Waals surface area contributed by atoms with Crippen LogP contribution in [0.2, 0.25) is 19.6 Å². The molecule has 0 N–H and O–H groups in total. The first kappa shape index (κ1) is 12.5. The summed E-state index contributed by atoms with van der Waals surface area (Å²) in [6, 6.07) is 8.49. The van der Waals surface area contributed by atoms with Crippen molar-refractivity contribution in [2.45, 2.75) is 37.9 Å². The maximum Gasteiger partial charge on any atom is 0.114 e. The molecule has 0 radical (unpaired) electrons. The van der Waals surface area contributed by atoms with Crippen LogP contribution < -0.4 is 0 Å². The van der Waals surface area contributed by atoms with Gasteiger partial charge >= 0.3 is 0 Å². The van der Waals surface area contributed by atoms with Crippen molar-refractivity contribution in [1.29, 1.82) is 0 Å². The van der Waals surface area contributed by atoms with Crippen LogP contribution in [0.5, 0.6) is 0 Å². The van der Waals surface area contributed by atoms with Gasteiger partial charge in [0.1, 0.15) is 7.22 Å². The van der Waals surface area contributed by atoms with Crippen LogP contribution in [0.4, 0.5) is 5.69 Å². The fraction of sp³-hybridized carbons (Fsp3) is 0.417. The Labute approximate surface area is 97.7 Å². The average Bonchev–Trinajstić information content (AvgIpc) is 2.12. The lowest BCUT2D eigenvalue weighted by Crippen LogP contribution is -2.13. The van der Waals surface area contributed by atoms with Crippen LogP contribution in [0.1, 0.15) is 13.3 Å². The molecule has 1 nitrogen and oxygen atoms in total. The van der Waals surface area contributed by atoms with Gasteiger partial charge in [-0.3, -0.25) is 4.99 Å². The maximum atomic E-state index is 4.39. The lowest BCUT2D eigenvalue weighted by Gasteiger charge is -2.15. The first-order valence-electron chi connectivity index (χ1n) is 5.33. The van der Waals surface area contributed by atoms with E-state index in [0.29, 0.717) is 0 Å². The van der Waals surface area contributed by atoms with Crippen LogP contribution in [-0.4, -0.2) is 13.4 Å². The predicted molar refractivity (Wildman–Crippen MR) is 74.1 cm³/mol. The third-order valence-corrected chi connectivity index (χ3v) is 5.31. The highest BCUT2D eigenvalue weighted by atomic mass is 32.4. The molecule has 0 aromatic heterocycles. The zero-order chi connectivity index (χ0) is 11.3. The molecule has 82 valence electrons. The molecule has 0 fully saturated rings. The van der Waals surface area contributed by atoms with Gasteiger partial charge in [-0.05, 0) is 24.6 Å². The Bertz CT molecular complexity index is 342. The highest BCUT2D eigenvalue weighted by molar-refractivity contribution is 8.28. The van der Waals surface area contributed by atoms with Crippen LogP contribution >= 0.6 is 11.2 Å². The van der Waals surface area contributed by atoms with Crippen molar-refractivity contribution in [3.05, 3.63) is 24.3 Å². The van der Waals surface area contributed by atoms with Crippen LogP contribution in [0.25, 0.3) is 0 Å². The van der Waals surface area contributed by atoms with Crippen molar-refractivity contribution in [3.8, 4) is 0 Å². The molecule has 1 rings (SSSR count). The van der Waals surface area contributed by atoms with Crippen molar-refractivity contribution < 1.29 is 0 Å². The highest BCUT2D eigenvalue weighted by Crippen LogP contribution is 2.30.